The minimum Gasteiger partial charge on any atom is -0.405 e. The number of hydrogen-bond donors (Lipinski definition) is 1. The first-order valence-electron chi connectivity index (χ1n) is 6.91. The molecule has 2 rings (SSSR count). The Morgan fingerprint density at radius 3 is 2.39 bits per heavy atom. The summed E-state index contributed by atoms with van der Waals surface area (Å²) in [6.45, 7) is 6.96. The first kappa shape index (κ1) is 22.1. The van der Waals surface area contributed by atoms with Gasteiger partial charge in [-0.15, -0.1) is 44.6 Å². The predicted molar refractivity (Wildman–Crippen MR) is 89.6 cm³/mol. The molecule has 3 nitrogen and oxygen atoms in total. The number of halogens is 5. The Morgan fingerprint density at radius 2 is 1.83 bits per heavy atom. The third kappa shape index (κ3) is 6.59. The third-order valence-electron chi connectivity index (χ3n) is 3.49. The number of nitrogens with one attached hydrogen (secondary N) is 1. The quantitative estimate of drug-likeness (QED) is 0.791. The van der Waals surface area contributed by atoms with Gasteiger partial charge in [-0.2, -0.15) is 0 Å². The minimum absolute atomic E-state index is 0. The van der Waals surface area contributed by atoms with Crippen molar-refractivity contribution in [3.63, 3.8) is 0 Å². The largest absolute Gasteiger partial charge is 0.573 e. The standard InChI is InChI=1S/C15H19F3N2O.2ClH/c1-2-5-13(20-10-8-19-9-11-20)12-6-3-4-7-14(12)21-15(16,17)18;;/h2-4,6-7,13,19H,1,5,8-11H2;2*1H/t13-;;/m0../s1. The van der Waals surface area contributed by atoms with E-state index in [9.17, 15) is 13.2 Å². The highest BCUT2D eigenvalue weighted by Crippen LogP contribution is 2.35. The second kappa shape index (κ2) is 10.0. The Morgan fingerprint density at radius 1 is 1.22 bits per heavy atom. The zero-order valence-electron chi connectivity index (χ0n) is 12.5. The number of piperazine rings is 1. The Bertz CT molecular complexity index is 480. The lowest BCUT2D eigenvalue weighted by Gasteiger charge is -2.35. The number of ether oxygens (including phenoxy) is 1. The van der Waals surface area contributed by atoms with Gasteiger partial charge in [-0.25, -0.2) is 0 Å². The van der Waals surface area contributed by atoms with Crippen LogP contribution in [-0.4, -0.2) is 37.4 Å². The van der Waals surface area contributed by atoms with Crippen LogP contribution in [0, 0.1) is 0 Å². The maximum Gasteiger partial charge on any atom is 0.573 e. The first-order chi connectivity index (χ1) is 10.0. The number of rotatable bonds is 5. The zero-order chi connectivity index (χ0) is 15.3. The summed E-state index contributed by atoms with van der Waals surface area (Å²) in [4.78, 5) is 2.16. The third-order valence-corrected chi connectivity index (χ3v) is 3.49. The van der Waals surface area contributed by atoms with Crippen molar-refractivity contribution in [3.8, 4) is 5.75 Å². The SMILES string of the molecule is C=CC[C@@H](c1ccccc1OC(F)(F)F)N1CCNCC1.Cl.Cl. The molecule has 8 heteroatoms. The van der Waals surface area contributed by atoms with E-state index in [1.54, 1.807) is 24.3 Å². The molecule has 0 amide bonds. The lowest BCUT2D eigenvalue weighted by molar-refractivity contribution is -0.275. The van der Waals surface area contributed by atoms with Crippen molar-refractivity contribution in [2.45, 2.75) is 18.8 Å². The van der Waals surface area contributed by atoms with E-state index >= 15 is 0 Å². The van der Waals surface area contributed by atoms with E-state index in [1.807, 2.05) is 0 Å². The van der Waals surface area contributed by atoms with E-state index in [-0.39, 0.29) is 36.6 Å². The lowest BCUT2D eigenvalue weighted by Crippen LogP contribution is -2.45. The molecule has 0 spiro atoms. The summed E-state index contributed by atoms with van der Waals surface area (Å²) in [5.41, 5.74) is 0.552. The average molecular weight is 373 g/mol. The summed E-state index contributed by atoms with van der Waals surface area (Å²) in [7, 11) is 0. The molecule has 1 aromatic carbocycles. The summed E-state index contributed by atoms with van der Waals surface area (Å²) >= 11 is 0. The summed E-state index contributed by atoms with van der Waals surface area (Å²) in [6.07, 6.45) is -2.37. The second-order valence-corrected chi connectivity index (χ2v) is 4.91. The van der Waals surface area contributed by atoms with Crippen molar-refractivity contribution in [1.82, 2.24) is 10.2 Å². The monoisotopic (exact) mass is 372 g/mol. The zero-order valence-corrected chi connectivity index (χ0v) is 14.1. The van der Waals surface area contributed by atoms with E-state index in [0.29, 0.717) is 12.0 Å². The number of nitrogens with zero attached hydrogens (tertiary/aromatic N) is 1. The van der Waals surface area contributed by atoms with Crippen LogP contribution in [0.2, 0.25) is 0 Å². The molecule has 0 aromatic heterocycles. The fraction of sp³-hybridized carbons (Fsp3) is 0.467. The van der Waals surface area contributed by atoms with Crippen LogP contribution < -0.4 is 10.1 Å². The van der Waals surface area contributed by atoms with Crippen molar-refractivity contribution in [2.75, 3.05) is 26.2 Å². The fourth-order valence-corrected chi connectivity index (χ4v) is 2.60. The maximum atomic E-state index is 12.5. The van der Waals surface area contributed by atoms with Gasteiger partial charge in [0.05, 0.1) is 0 Å². The lowest BCUT2D eigenvalue weighted by atomic mass is 10.00. The van der Waals surface area contributed by atoms with Crippen LogP contribution in [0.1, 0.15) is 18.0 Å². The van der Waals surface area contributed by atoms with E-state index in [1.165, 1.54) is 6.07 Å². The van der Waals surface area contributed by atoms with Crippen molar-refractivity contribution >= 4 is 24.8 Å². The molecule has 1 aliphatic rings. The topological polar surface area (TPSA) is 24.5 Å². The van der Waals surface area contributed by atoms with Crippen molar-refractivity contribution in [3.05, 3.63) is 42.5 Å². The van der Waals surface area contributed by atoms with Crippen LogP contribution in [0.15, 0.2) is 36.9 Å². The van der Waals surface area contributed by atoms with Gasteiger partial charge >= 0.3 is 6.36 Å². The molecule has 0 unspecified atom stereocenters. The van der Waals surface area contributed by atoms with Crippen molar-refractivity contribution < 1.29 is 17.9 Å². The van der Waals surface area contributed by atoms with Gasteiger partial charge in [0.2, 0.25) is 0 Å². The van der Waals surface area contributed by atoms with Gasteiger partial charge in [-0.05, 0) is 12.5 Å². The highest BCUT2D eigenvalue weighted by Gasteiger charge is 2.33. The van der Waals surface area contributed by atoms with Gasteiger partial charge in [-0.3, -0.25) is 4.90 Å². The number of alkyl halides is 3. The van der Waals surface area contributed by atoms with Gasteiger partial charge < -0.3 is 10.1 Å². The number of para-hydroxylation sites is 1. The number of benzene rings is 1. The van der Waals surface area contributed by atoms with Gasteiger partial charge in [0, 0.05) is 37.8 Å². The maximum absolute atomic E-state index is 12.5. The van der Waals surface area contributed by atoms with Crippen LogP contribution in [0.3, 0.4) is 0 Å². The molecule has 1 fully saturated rings. The summed E-state index contributed by atoms with van der Waals surface area (Å²) < 4.78 is 41.8. The van der Waals surface area contributed by atoms with Crippen molar-refractivity contribution in [1.29, 1.82) is 0 Å². The van der Waals surface area contributed by atoms with Crippen molar-refractivity contribution in [2.24, 2.45) is 0 Å². The van der Waals surface area contributed by atoms with Gasteiger partial charge in [-0.1, -0.05) is 24.3 Å². The van der Waals surface area contributed by atoms with Gasteiger partial charge in [0.1, 0.15) is 5.75 Å². The summed E-state index contributed by atoms with van der Waals surface area (Å²) in [6, 6.07) is 6.19. The molecule has 1 heterocycles. The molecular weight excluding hydrogens is 352 g/mol. The minimum atomic E-state index is -4.68. The van der Waals surface area contributed by atoms with Gasteiger partial charge in [0.15, 0.2) is 0 Å². The average Bonchev–Trinajstić information content (AvgIpc) is 2.45. The number of hydrogen-bond acceptors (Lipinski definition) is 3. The summed E-state index contributed by atoms with van der Waals surface area (Å²) in [5, 5.41) is 3.24. The molecule has 23 heavy (non-hydrogen) atoms. The molecular formula is C15H21Cl2F3N2O. The van der Waals surface area contributed by atoms with Crippen LogP contribution in [0.5, 0.6) is 5.75 Å². The molecule has 0 aliphatic carbocycles. The highest BCUT2D eigenvalue weighted by molar-refractivity contribution is 5.85. The van der Waals surface area contributed by atoms with Crippen LogP contribution in [0.25, 0.3) is 0 Å². The molecule has 0 saturated carbocycles. The molecule has 1 aromatic rings. The molecule has 1 saturated heterocycles. The summed E-state index contributed by atoms with van der Waals surface area (Å²) in [5.74, 6) is -0.129. The Hall–Kier alpha value is -0.950. The van der Waals surface area contributed by atoms with E-state index in [2.05, 4.69) is 21.5 Å². The van der Waals surface area contributed by atoms with Crippen LogP contribution in [-0.2, 0) is 0 Å². The van der Waals surface area contributed by atoms with Crippen LogP contribution >= 0.6 is 24.8 Å². The molecule has 132 valence electrons. The molecule has 0 bridgehead atoms. The van der Waals surface area contributed by atoms with E-state index in [0.717, 1.165) is 26.2 Å². The molecule has 1 atom stereocenters. The first-order valence-corrected chi connectivity index (χ1v) is 6.91. The molecule has 0 radical (unpaired) electrons. The Kier molecular flexibility index (Phi) is 9.61. The Balaban J connectivity index is 0.00000242. The second-order valence-electron chi connectivity index (χ2n) is 4.91. The van der Waals surface area contributed by atoms with E-state index < -0.39 is 6.36 Å². The predicted octanol–water partition coefficient (Wildman–Crippen LogP) is 3.95. The smallest absolute Gasteiger partial charge is 0.405 e. The normalized spacial score (nSPS) is 16.7. The molecule has 1 aliphatic heterocycles. The fourth-order valence-electron chi connectivity index (χ4n) is 2.60. The molecule has 1 N–H and O–H groups in total. The highest BCUT2D eigenvalue weighted by atomic mass is 35.5. The van der Waals surface area contributed by atoms with E-state index in [4.69, 9.17) is 0 Å². The Labute approximate surface area is 146 Å². The van der Waals surface area contributed by atoms with Gasteiger partial charge in [0.25, 0.3) is 0 Å². The van der Waals surface area contributed by atoms with Crippen LogP contribution in [0.4, 0.5) is 13.2 Å².